The molecular formula is C35H44N6O6S. The van der Waals surface area contributed by atoms with E-state index in [0.29, 0.717) is 40.0 Å². The molecule has 3 aliphatic rings. The fraction of sp³-hybridized carbons (Fsp3) is 0.514. The maximum Gasteiger partial charge on any atom is 0.408 e. The number of rotatable bonds is 11. The maximum absolute atomic E-state index is 13.9. The van der Waals surface area contributed by atoms with E-state index in [-0.39, 0.29) is 19.1 Å². The summed E-state index contributed by atoms with van der Waals surface area (Å²) in [7, 11) is 1.62. The molecule has 2 aromatic heterocycles. The van der Waals surface area contributed by atoms with Gasteiger partial charge in [-0.15, -0.1) is 11.3 Å². The van der Waals surface area contributed by atoms with E-state index < -0.39 is 36.1 Å². The summed E-state index contributed by atoms with van der Waals surface area (Å²) >= 11 is 1.54. The highest BCUT2D eigenvalue weighted by Crippen LogP contribution is 2.37. The number of primary amides is 1. The molecule has 12 nitrogen and oxygen atoms in total. The van der Waals surface area contributed by atoms with Crippen LogP contribution >= 0.6 is 11.3 Å². The van der Waals surface area contributed by atoms with E-state index in [1.807, 2.05) is 30.5 Å². The highest BCUT2D eigenvalue weighted by molar-refractivity contribution is 7.14. The first-order valence-electron chi connectivity index (χ1n) is 16.7. The second kappa shape index (κ2) is 14.4. The average molecular weight is 677 g/mol. The molecule has 2 aliphatic carbocycles. The minimum Gasteiger partial charge on any atom is -0.496 e. The van der Waals surface area contributed by atoms with Crippen molar-refractivity contribution in [2.24, 2.45) is 5.73 Å². The molecule has 4 N–H and O–H groups in total. The zero-order valence-electron chi connectivity index (χ0n) is 27.8. The van der Waals surface area contributed by atoms with E-state index in [2.05, 4.69) is 17.2 Å². The molecule has 0 unspecified atom stereocenters. The number of carbonyl (C=O) groups excluding carboxylic acids is 3. The Bertz CT molecular complexity index is 1700. The number of ether oxygens (including phenoxy) is 3. The number of nitrogens with two attached hydrogens (primary N) is 1. The predicted octanol–water partition coefficient (Wildman–Crippen LogP) is 5.48. The SMILES string of the molecule is C=C(C)[C@H](NC(=O)OC1CCCC1)C(=O)N1C[C@H](Oc2cc(-c3csc(NC4CCCC4)n3)nc3cc(OC)c(C)cc23)C[C@H]1C(N)=O. The molecule has 6 rings (SSSR count). The number of likely N-dealkylation sites (tertiary alicyclic amines) is 1. The summed E-state index contributed by atoms with van der Waals surface area (Å²) in [5.41, 5.74) is 9.13. The van der Waals surface area contributed by atoms with Crippen molar-refractivity contribution in [1.82, 2.24) is 20.2 Å². The highest BCUT2D eigenvalue weighted by atomic mass is 32.1. The minimum atomic E-state index is -1.08. The Hall–Kier alpha value is -4.39. The largest absolute Gasteiger partial charge is 0.496 e. The van der Waals surface area contributed by atoms with Crippen LogP contribution in [-0.4, -0.2) is 76.8 Å². The fourth-order valence-electron chi connectivity index (χ4n) is 6.93. The van der Waals surface area contributed by atoms with Crippen LogP contribution < -0.4 is 25.8 Å². The lowest BCUT2D eigenvalue weighted by atomic mass is 10.1. The number of aromatic nitrogens is 2. The van der Waals surface area contributed by atoms with Gasteiger partial charge in [0.25, 0.3) is 0 Å². The third kappa shape index (κ3) is 7.35. The maximum atomic E-state index is 13.9. The van der Waals surface area contributed by atoms with Crippen LogP contribution in [0.5, 0.6) is 11.5 Å². The molecule has 13 heteroatoms. The number of amides is 3. The first-order chi connectivity index (χ1) is 23.1. The number of nitrogens with zero attached hydrogens (tertiary/aromatic N) is 3. The van der Waals surface area contributed by atoms with Crippen molar-refractivity contribution < 1.29 is 28.6 Å². The molecular weight excluding hydrogens is 632 g/mol. The molecule has 3 heterocycles. The molecule has 1 saturated heterocycles. The van der Waals surface area contributed by atoms with E-state index in [9.17, 15) is 14.4 Å². The van der Waals surface area contributed by atoms with Crippen molar-refractivity contribution in [1.29, 1.82) is 0 Å². The number of aryl methyl sites for hydroxylation is 1. The highest BCUT2D eigenvalue weighted by Gasteiger charge is 2.43. The lowest BCUT2D eigenvalue weighted by Gasteiger charge is -2.28. The summed E-state index contributed by atoms with van der Waals surface area (Å²) in [5.74, 6) is 0.0768. The number of pyridine rings is 1. The third-order valence-corrected chi connectivity index (χ3v) is 10.3. The van der Waals surface area contributed by atoms with E-state index in [1.54, 1.807) is 25.4 Å². The lowest BCUT2D eigenvalue weighted by Crippen LogP contribution is -2.53. The van der Waals surface area contributed by atoms with Gasteiger partial charge in [-0.3, -0.25) is 9.59 Å². The molecule has 3 amide bonds. The molecule has 256 valence electrons. The van der Waals surface area contributed by atoms with Crippen LogP contribution in [0.1, 0.15) is 70.3 Å². The van der Waals surface area contributed by atoms with Crippen LogP contribution in [0.3, 0.4) is 0 Å². The average Bonchev–Trinajstić information content (AvgIpc) is 3.88. The van der Waals surface area contributed by atoms with Gasteiger partial charge >= 0.3 is 6.09 Å². The number of hydrogen-bond acceptors (Lipinski definition) is 10. The Kier molecular flexibility index (Phi) is 10.0. The predicted molar refractivity (Wildman–Crippen MR) is 184 cm³/mol. The second-order valence-corrected chi connectivity index (χ2v) is 14.0. The normalized spacial score (nSPS) is 20.5. The Morgan fingerprint density at radius 2 is 1.75 bits per heavy atom. The summed E-state index contributed by atoms with van der Waals surface area (Å²) in [6.07, 6.45) is 7.08. The monoisotopic (exact) mass is 676 g/mol. The number of fused-ring (bicyclic) bond motifs is 1. The number of methoxy groups -OCH3 is 1. The lowest BCUT2D eigenvalue weighted by molar-refractivity contribution is -0.138. The third-order valence-electron chi connectivity index (χ3n) is 9.48. The smallest absolute Gasteiger partial charge is 0.408 e. The van der Waals surface area contributed by atoms with Crippen molar-refractivity contribution in [3.05, 3.63) is 41.3 Å². The van der Waals surface area contributed by atoms with Gasteiger partial charge in [0.15, 0.2) is 5.13 Å². The Morgan fingerprint density at radius 3 is 2.44 bits per heavy atom. The number of thiazole rings is 1. The molecule has 0 radical (unpaired) electrons. The van der Waals surface area contributed by atoms with Crippen molar-refractivity contribution in [2.45, 2.75) is 102 Å². The van der Waals surface area contributed by atoms with Gasteiger partial charge < -0.3 is 35.5 Å². The van der Waals surface area contributed by atoms with Crippen LogP contribution in [0.2, 0.25) is 0 Å². The molecule has 0 spiro atoms. The quantitative estimate of drug-likeness (QED) is 0.224. The Balaban J connectivity index is 1.25. The van der Waals surface area contributed by atoms with E-state index in [4.69, 9.17) is 29.9 Å². The van der Waals surface area contributed by atoms with Gasteiger partial charge in [0, 0.05) is 35.4 Å². The van der Waals surface area contributed by atoms with Gasteiger partial charge in [0.1, 0.15) is 41.5 Å². The van der Waals surface area contributed by atoms with Gasteiger partial charge in [0.2, 0.25) is 11.8 Å². The van der Waals surface area contributed by atoms with E-state index in [1.165, 1.54) is 17.7 Å². The molecule has 48 heavy (non-hydrogen) atoms. The van der Waals surface area contributed by atoms with Gasteiger partial charge in [-0.25, -0.2) is 14.8 Å². The summed E-state index contributed by atoms with van der Waals surface area (Å²) < 4.78 is 17.7. The molecule has 3 fully saturated rings. The van der Waals surface area contributed by atoms with Crippen LogP contribution in [-0.2, 0) is 14.3 Å². The topological polar surface area (TPSA) is 158 Å². The molecule has 1 aliphatic heterocycles. The zero-order valence-corrected chi connectivity index (χ0v) is 28.6. The van der Waals surface area contributed by atoms with Crippen LogP contribution in [0.15, 0.2) is 35.7 Å². The van der Waals surface area contributed by atoms with Gasteiger partial charge in [-0.2, -0.15) is 0 Å². The zero-order chi connectivity index (χ0) is 33.9. The molecule has 3 atom stereocenters. The van der Waals surface area contributed by atoms with Gasteiger partial charge in [-0.05, 0) is 69.6 Å². The second-order valence-electron chi connectivity index (χ2n) is 13.1. The summed E-state index contributed by atoms with van der Waals surface area (Å²) in [6.45, 7) is 7.59. The Labute approximate surface area is 284 Å². The molecule has 1 aromatic carbocycles. The van der Waals surface area contributed by atoms with Crippen LogP contribution in [0.25, 0.3) is 22.3 Å². The number of hydrogen-bond donors (Lipinski definition) is 3. The van der Waals surface area contributed by atoms with Gasteiger partial charge in [-0.1, -0.05) is 19.4 Å². The van der Waals surface area contributed by atoms with Crippen molar-refractivity contribution in [2.75, 3.05) is 19.0 Å². The van der Waals surface area contributed by atoms with Gasteiger partial charge in [0.05, 0.1) is 24.9 Å². The number of carbonyl (C=O) groups is 3. The van der Waals surface area contributed by atoms with Crippen molar-refractivity contribution in [3.63, 3.8) is 0 Å². The van der Waals surface area contributed by atoms with Crippen molar-refractivity contribution in [3.8, 4) is 22.9 Å². The van der Waals surface area contributed by atoms with E-state index >= 15 is 0 Å². The fourth-order valence-corrected chi connectivity index (χ4v) is 7.71. The Morgan fingerprint density at radius 1 is 1.02 bits per heavy atom. The summed E-state index contributed by atoms with van der Waals surface area (Å²) in [4.78, 5) is 50.4. The standard InChI is InChI=1S/C35H44N6O6S/c1-19(2)31(40-35(44)47-22-11-7-8-12-22)33(43)41-17-23(14-28(41)32(36)42)46-30-16-26(38-25-15-29(45-4)20(3)13-24(25)30)27-18-48-34(39-27)37-21-9-5-6-10-21/h13,15-16,18,21-23,28,31H,1,5-12,14,17H2,2-4H3,(H2,36,42)(H,37,39)(H,40,44)/t23-,28+,31+/m1/s1. The van der Waals surface area contributed by atoms with E-state index in [0.717, 1.165) is 54.6 Å². The molecule has 2 saturated carbocycles. The van der Waals surface area contributed by atoms with Crippen LogP contribution in [0.4, 0.5) is 9.93 Å². The van der Waals surface area contributed by atoms with Crippen LogP contribution in [0, 0.1) is 6.92 Å². The molecule has 0 bridgehead atoms. The minimum absolute atomic E-state index is 0.0794. The summed E-state index contributed by atoms with van der Waals surface area (Å²) in [5, 5.41) is 9.79. The number of alkyl carbamates (subject to hydrolysis) is 1. The molecule has 3 aromatic rings. The number of nitrogens with one attached hydrogen (secondary N) is 2. The first kappa shape index (κ1) is 33.5. The number of benzene rings is 1. The summed E-state index contributed by atoms with van der Waals surface area (Å²) in [6, 6.07) is 4.09. The number of anilines is 1. The van der Waals surface area contributed by atoms with Crippen molar-refractivity contribution >= 4 is 45.3 Å². The first-order valence-corrected chi connectivity index (χ1v) is 17.6.